The van der Waals surface area contributed by atoms with Crippen molar-refractivity contribution in [2.45, 2.75) is 68.3 Å². The number of benzene rings is 2. The van der Waals surface area contributed by atoms with Gasteiger partial charge in [0.2, 0.25) is 17.5 Å². The first-order valence-electron chi connectivity index (χ1n) is 13.2. The van der Waals surface area contributed by atoms with Crippen LogP contribution in [0.4, 0.5) is 0 Å². The highest BCUT2D eigenvalue weighted by molar-refractivity contribution is 5.88. The highest BCUT2D eigenvalue weighted by Gasteiger charge is 2.50. The molecule has 2 aliphatic heterocycles. The lowest BCUT2D eigenvalue weighted by Crippen LogP contribution is -2.64. The summed E-state index contributed by atoms with van der Waals surface area (Å²) >= 11 is 0. The summed E-state index contributed by atoms with van der Waals surface area (Å²) < 4.78 is 27.9. The Hall–Kier alpha value is -3.91. The minimum absolute atomic E-state index is 0.248. The van der Waals surface area contributed by atoms with Gasteiger partial charge in [-0.2, -0.15) is 0 Å². The van der Waals surface area contributed by atoms with E-state index in [1.54, 1.807) is 0 Å². The van der Waals surface area contributed by atoms with Crippen molar-refractivity contribution in [2.24, 2.45) is 0 Å². The molecule has 1 aromatic heterocycles. The minimum Gasteiger partial charge on any atom is -0.508 e. The molecular weight excluding hydrogens is 596 g/mol. The fourth-order valence-electron chi connectivity index (χ4n) is 5.01. The Kier molecular flexibility index (Phi) is 8.51. The molecule has 0 bridgehead atoms. The van der Waals surface area contributed by atoms with Crippen LogP contribution in [-0.4, -0.2) is 124 Å². The quantitative estimate of drug-likeness (QED) is 0.132. The summed E-state index contributed by atoms with van der Waals surface area (Å²) in [4.78, 5) is 13.6. The van der Waals surface area contributed by atoms with E-state index in [1.165, 1.54) is 6.92 Å². The van der Waals surface area contributed by atoms with E-state index in [0.29, 0.717) is 0 Å². The van der Waals surface area contributed by atoms with Crippen molar-refractivity contribution in [3.05, 3.63) is 34.5 Å². The maximum atomic E-state index is 13.6. The van der Waals surface area contributed by atoms with E-state index in [4.69, 9.17) is 23.4 Å². The largest absolute Gasteiger partial charge is 0.508 e. The number of aromatic hydroxyl groups is 5. The Bertz CT molecular complexity index is 1560. The zero-order valence-corrected chi connectivity index (χ0v) is 22.7. The molecule has 0 radical (unpaired) electrons. The van der Waals surface area contributed by atoms with Crippen LogP contribution in [-0.2, 0) is 14.2 Å². The summed E-state index contributed by atoms with van der Waals surface area (Å²) in [5.74, 6) is -5.05. The predicted octanol–water partition coefficient (Wildman–Crippen LogP) is -1.98. The molecule has 0 spiro atoms. The van der Waals surface area contributed by atoms with Crippen LogP contribution in [0.25, 0.3) is 22.3 Å². The normalized spacial score (nSPS) is 32.5. The number of aliphatic hydroxyl groups is 6. The Morgan fingerprint density at radius 1 is 0.773 bits per heavy atom. The van der Waals surface area contributed by atoms with Crippen molar-refractivity contribution in [1.29, 1.82) is 0 Å². The van der Waals surface area contributed by atoms with Gasteiger partial charge >= 0.3 is 0 Å². The monoisotopic (exact) mass is 626 g/mol. The standard InChI is InChI=1S/C27H30O17/c1-7-16(33)24(43-26-21(38)20(37)18(35)14(6-28)42-26)22(39)27(40-7)44-25-19(36)15-10(30)4-9(29)5-13(15)41-23(25)8-2-11(31)17(34)12(32)3-8/h2-5,7,14,16,18,20-22,24,26-35,37-39H,6H2,1H3/t7-,14+,16-,18+,20-,21+,22+,24+,26+,27-/m0/s1. The van der Waals surface area contributed by atoms with Gasteiger partial charge in [0.05, 0.1) is 12.7 Å². The van der Waals surface area contributed by atoms with Crippen molar-refractivity contribution in [3.63, 3.8) is 0 Å². The highest BCUT2D eigenvalue weighted by Crippen LogP contribution is 2.43. The Balaban J connectivity index is 1.55. The van der Waals surface area contributed by atoms with E-state index in [1.807, 2.05) is 0 Å². The molecule has 0 aliphatic carbocycles. The molecule has 17 nitrogen and oxygen atoms in total. The summed E-state index contributed by atoms with van der Waals surface area (Å²) in [6.45, 7) is 0.560. The Morgan fingerprint density at radius 2 is 1.43 bits per heavy atom. The van der Waals surface area contributed by atoms with Crippen LogP contribution in [0.1, 0.15) is 6.92 Å². The fraction of sp³-hybridized carbons (Fsp3) is 0.444. The van der Waals surface area contributed by atoms with E-state index < -0.39 is 119 Å². The molecule has 11 N–H and O–H groups in total. The molecule has 3 heterocycles. The molecule has 0 amide bonds. The van der Waals surface area contributed by atoms with Gasteiger partial charge in [0.25, 0.3) is 0 Å². The lowest BCUT2D eigenvalue weighted by Gasteiger charge is -2.45. The minimum atomic E-state index is -1.98. The molecule has 44 heavy (non-hydrogen) atoms. The average molecular weight is 627 g/mol. The van der Waals surface area contributed by atoms with E-state index >= 15 is 0 Å². The number of aliphatic hydroxyl groups excluding tert-OH is 6. The third-order valence-corrected chi connectivity index (χ3v) is 7.41. The van der Waals surface area contributed by atoms with Crippen LogP contribution >= 0.6 is 0 Å². The van der Waals surface area contributed by atoms with Crippen molar-refractivity contribution in [2.75, 3.05) is 6.61 Å². The second kappa shape index (κ2) is 11.9. The maximum Gasteiger partial charge on any atom is 0.239 e. The number of phenolic OH excluding ortho intramolecular Hbond substituents is 5. The molecule has 2 fully saturated rings. The number of phenols is 5. The van der Waals surface area contributed by atoms with Crippen LogP contribution in [0, 0.1) is 0 Å². The summed E-state index contributed by atoms with van der Waals surface area (Å²) in [7, 11) is 0. The summed E-state index contributed by atoms with van der Waals surface area (Å²) in [5, 5.41) is 112. The number of hydrogen-bond donors (Lipinski definition) is 11. The van der Waals surface area contributed by atoms with E-state index in [9.17, 15) is 61.0 Å². The second-order valence-corrected chi connectivity index (χ2v) is 10.4. The van der Waals surface area contributed by atoms with Crippen molar-refractivity contribution in [3.8, 4) is 45.8 Å². The zero-order chi connectivity index (χ0) is 32.2. The summed E-state index contributed by atoms with van der Waals surface area (Å²) in [5.41, 5.74) is -1.69. The third kappa shape index (κ3) is 5.45. The molecule has 2 aliphatic rings. The first-order valence-corrected chi connectivity index (χ1v) is 13.2. The van der Waals surface area contributed by atoms with Gasteiger partial charge in [0, 0.05) is 17.7 Å². The topological polar surface area (TPSA) is 290 Å². The molecule has 5 rings (SSSR count). The van der Waals surface area contributed by atoms with E-state index in [2.05, 4.69) is 0 Å². The molecule has 2 saturated heterocycles. The molecule has 0 unspecified atom stereocenters. The lowest BCUT2D eigenvalue weighted by molar-refractivity contribution is -0.350. The second-order valence-electron chi connectivity index (χ2n) is 10.4. The smallest absolute Gasteiger partial charge is 0.239 e. The van der Waals surface area contributed by atoms with Crippen LogP contribution in [0.2, 0.25) is 0 Å². The summed E-state index contributed by atoms with van der Waals surface area (Å²) in [6, 6.07) is 3.61. The van der Waals surface area contributed by atoms with Gasteiger partial charge in [-0.25, -0.2) is 0 Å². The first-order chi connectivity index (χ1) is 20.7. The molecule has 240 valence electrons. The summed E-state index contributed by atoms with van der Waals surface area (Å²) in [6.07, 6.45) is -16.9. The maximum absolute atomic E-state index is 13.6. The molecule has 0 saturated carbocycles. The average Bonchev–Trinajstić information content (AvgIpc) is 2.97. The van der Waals surface area contributed by atoms with Crippen LogP contribution in [0.3, 0.4) is 0 Å². The Labute approximate surface area is 246 Å². The molecule has 17 heteroatoms. The van der Waals surface area contributed by atoms with Crippen molar-refractivity contribution in [1.82, 2.24) is 0 Å². The number of rotatable bonds is 6. The molecule has 3 aromatic rings. The van der Waals surface area contributed by atoms with Gasteiger partial charge in [-0.1, -0.05) is 0 Å². The third-order valence-electron chi connectivity index (χ3n) is 7.41. The van der Waals surface area contributed by atoms with Gasteiger partial charge in [-0.3, -0.25) is 4.79 Å². The predicted molar refractivity (Wildman–Crippen MR) is 142 cm³/mol. The van der Waals surface area contributed by atoms with Gasteiger partial charge in [-0.05, 0) is 19.1 Å². The van der Waals surface area contributed by atoms with Crippen molar-refractivity contribution < 1.29 is 79.5 Å². The van der Waals surface area contributed by atoms with Gasteiger partial charge in [-0.15, -0.1) is 0 Å². The number of fused-ring (bicyclic) bond motifs is 1. The van der Waals surface area contributed by atoms with Gasteiger partial charge < -0.3 is 79.5 Å². The van der Waals surface area contributed by atoms with Crippen LogP contribution in [0.15, 0.2) is 33.5 Å². The fourth-order valence-corrected chi connectivity index (χ4v) is 5.01. The molecule has 2 aromatic carbocycles. The van der Waals surface area contributed by atoms with Gasteiger partial charge in [0.1, 0.15) is 65.2 Å². The number of ether oxygens (including phenoxy) is 4. The van der Waals surface area contributed by atoms with Crippen LogP contribution < -0.4 is 10.2 Å². The number of hydrogen-bond acceptors (Lipinski definition) is 17. The van der Waals surface area contributed by atoms with Crippen molar-refractivity contribution >= 4 is 11.0 Å². The highest BCUT2D eigenvalue weighted by atomic mass is 16.7. The Morgan fingerprint density at radius 3 is 2.07 bits per heavy atom. The van der Waals surface area contributed by atoms with E-state index in [0.717, 1.165) is 24.3 Å². The zero-order valence-electron chi connectivity index (χ0n) is 22.7. The van der Waals surface area contributed by atoms with Crippen LogP contribution in [0.5, 0.6) is 34.5 Å². The SMILES string of the molecule is C[C@@H]1O[C@@H](Oc2c(-c3cc(O)c(O)c(O)c3)oc3cc(O)cc(O)c3c2=O)[C@H](O)[C@H](O[C@H]2O[C@H](CO)[C@@H](O)[C@H](O)[C@H]2O)[C@H]1O. The molecular formula is C27H30O17. The lowest BCUT2D eigenvalue weighted by atomic mass is 9.97. The van der Waals surface area contributed by atoms with Gasteiger partial charge in [0.15, 0.2) is 29.3 Å². The van der Waals surface area contributed by atoms with E-state index in [-0.39, 0.29) is 11.1 Å². The molecule has 10 atom stereocenters. The first kappa shape index (κ1) is 31.5.